The molecule has 1 aromatic carbocycles. The highest BCUT2D eigenvalue weighted by atomic mass is 32.2. The molecule has 0 amide bonds. The summed E-state index contributed by atoms with van der Waals surface area (Å²) in [6, 6.07) is 4.11. The van der Waals surface area contributed by atoms with E-state index >= 15 is 0 Å². The maximum atomic E-state index is 11.5. The first-order valence-corrected chi connectivity index (χ1v) is 6.77. The van der Waals surface area contributed by atoms with E-state index in [1.54, 1.807) is 0 Å². The second-order valence-electron chi connectivity index (χ2n) is 4.19. The van der Waals surface area contributed by atoms with Crippen molar-refractivity contribution >= 4 is 10.0 Å². The summed E-state index contributed by atoms with van der Waals surface area (Å²) < 4.78 is 24.4. The summed E-state index contributed by atoms with van der Waals surface area (Å²) in [4.78, 5) is 0. The van der Waals surface area contributed by atoms with E-state index in [0.29, 0.717) is 13.1 Å². The second kappa shape index (κ2) is 3.32. The van der Waals surface area contributed by atoms with Crippen molar-refractivity contribution in [3.05, 3.63) is 34.4 Å². The Balaban J connectivity index is 2.47. The molecule has 1 aromatic rings. The number of hydrogen-bond acceptors (Lipinski definition) is 2. The van der Waals surface area contributed by atoms with E-state index in [9.17, 15) is 8.42 Å². The molecule has 0 spiro atoms. The SMILES string of the molecule is Cc1ccc(C)c2c1CN(S(C)(=O)=O)C2. The van der Waals surface area contributed by atoms with Gasteiger partial charge in [0.2, 0.25) is 10.0 Å². The zero-order valence-electron chi connectivity index (χ0n) is 9.24. The van der Waals surface area contributed by atoms with Crippen LogP contribution in [0.3, 0.4) is 0 Å². The summed E-state index contributed by atoms with van der Waals surface area (Å²) in [6.07, 6.45) is 1.27. The fourth-order valence-electron chi connectivity index (χ4n) is 2.01. The number of aryl methyl sites for hydroxylation is 2. The maximum Gasteiger partial charge on any atom is 0.211 e. The van der Waals surface area contributed by atoms with Gasteiger partial charge < -0.3 is 0 Å². The van der Waals surface area contributed by atoms with Gasteiger partial charge in [-0.25, -0.2) is 8.42 Å². The molecule has 1 heterocycles. The van der Waals surface area contributed by atoms with Gasteiger partial charge in [-0.2, -0.15) is 4.31 Å². The maximum absolute atomic E-state index is 11.5. The summed E-state index contributed by atoms with van der Waals surface area (Å²) in [5.41, 5.74) is 4.73. The minimum atomic E-state index is -3.07. The molecule has 0 bridgehead atoms. The standard InChI is InChI=1S/C11H15NO2S/c1-8-4-5-9(2)11-7-12(6-10(8)11)15(3,13)14/h4-5H,6-7H2,1-3H3. The zero-order chi connectivity index (χ0) is 11.2. The van der Waals surface area contributed by atoms with Crippen LogP contribution in [0.5, 0.6) is 0 Å². The molecular formula is C11H15NO2S. The monoisotopic (exact) mass is 225 g/mol. The van der Waals surface area contributed by atoms with Crippen molar-refractivity contribution < 1.29 is 8.42 Å². The van der Waals surface area contributed by atoms with E-state index in [1.165, 1.54) is 32.8 Å². The van der Waals surface area contributed by atoms with Gasteiger partial charge in [0.25, 0.3) is 0 Å². The minimum Gasteiger partial charge on any atom is -0.212 e. The van der Waals surface area contributed by atoms with Crippen LogP contribution in [0.4, 0.5) is 0 Å². The molecule has 1 aliphatic heterocycles. The van der Waals surface area contributed by atoms with Crippen LogP contribution in [0.15, 0.2) is 12.1 Å². The van der Waals surface area contributed by atoms with Crippen LogP contribution in [0.25, 0.3) is 0 Å². The number of sulfonamides is 1. The predicted octanol–water partition coefficient (Wildman–Crippen LogP) is 1.58. The van der Waals surface area contributed by atoms with E-state index in [2.05, 4.69) is 12.1 Å². The summed E-state index contributed by atoms with van der Waals surface area (Å²) in [6.45, 7) is 5.12. The second-order valence-corrected chi connectivity index (χ2v) is 6.17. The third-order valence-corrected chi connectivity index (χ3v) is 4.23. The van der Waals surface area contributed by atoms with Crippen molar-refractivity contribution in [3.8, 4) is 0 Å². The topological polar surface area (TPSA) is 37.4 Å². The highest BCUT2D eigenvalue weighted by Crippen LogP contribution is 2.29. The van der Waals surface area contributed by atoms with Crippen LogP contribution in [0, 0.1) is 13.8 Å². The lowest BCUT2D eigenvalue weighted by Gasteiger charge is -2.10. The highest BCUT2D eigenvalue weighted by Gasteiger charge is 2.27. The van der Waals surface area contributed by atoms with Crippen molar-refractivity contribution in [2.24, 2.45) is 0 Å². The van der Waals surface area contributed by atoms with Crippen molar-refractivity contribution in [1.82, 2.24) is 4.31 Å². The molecule has 3 nitrogen and oxygen atoms in total. The van der Waals surface area contributed by atoms with E-state index in [1.807, 2.05) is 13.8 Å². The van der Waals surface area contributed by atoms with Crippen LogP contribution in [-0.4, -0.2) is 19.0 Å². The Morgan fingerprint density at radius 1 is 1.07 bits per heavy atom. The lowest BCUT2D eigenvalue weighted by Crippen LogP contribution is -2.23. The van der Waals surface area contributed by atoms with E-state index in [0.717, 1.165) is 0 Å². The van der Waals surface area contributed by atoms with Gasteiger partial charge in [0, 0.05) is 13.1 Å². The average Bonchev–Trinajstić information content (AvgIpc) is 2.56. The van der Waals surface area contributed by atoms with E-state index < -0.39 is 10.0 Å². The van der Waals surface area contributed by atoms with Crippen LogP contribution < -0.4 is 0 Å². The first-order chi connectivity index (χ1) is 6.89. The van der Waals surface area contributed by atoms with Crippen molar-refractivity contribution in [2.45, 2.75) is 26.9 Å². The molecule has 0 saturated heterocycles. The largest absolute Gasteiger partial charge is 0.212 e. The molecule has 2 rings (SSSR count). The van der Waals surface area contributed by atoms with Gasteiger partial charge in [-0.3, -0.25) is 0 Å². The first kappa shape index (κ1) is 10.6. The van der Waals surface area contributed by atoms with Gasteiger partial charge in [0.1, 0.15) is 0 Å². The number of rotatable bonds is 1. The van der Waals surface area contributed by atoms with Gasteiger partial charge in [0.05, 0.1) is 6.26 Å². The van der Waals surface area contributed by atoms with Crippen molar-refractivity contribution in [3.63, 3.8) is 0 Å². The Labute approximate surface area is 90.8 Å². The molecule has 0 aliphatic carbocycles. The van der Waals surface area contributed by atoms with Crippen LogP contribution in [0.1, 0.15) is 22.3 Å². The number of fused-ring (bicyclic) bond motifs is 1. The fourth-order valence-corrected chi connectivity index (χ4v) is 2.74. The molecule has 0 unspecified atom stereocenters. The first-order valence-electron chi connectivity index (χ1n) is 4.92. The summed E-state index contributed by atoms with van der Waals surface area (Å²) >= 11 is 0. The molecule has 82 valence electrons. The minimum absolute atomic E-state index is 0.529. The summed E-state index contributed by atoms with van der Waals surface area (Å²) in [7, 11) is -3.07. The van der Waals surface area contributed by atoms with Gasteiger partial charge >= 0.3 is 0 Å². The van der Waals surface area contributed by atoms with Gasteiger partial charge in [-0.15, -0.1) is 0 Å². The summed E-state index contributed by atoms with van der Waals surface area (Å²) in [5.74, 6) is 0. The predicted molar refractivity (Wildman–Crippen MR) is 60.0 cm³/mol. The van der Waals surface area contributed by atoms with Gasteiger partial charge in [0.15, 0.2) is 0 Å². The molecule has 15 heavy (non-hydrogen) atoms. The Morgan fingerprint density at radius 3 is 1.80 bits per heavy atom. The van der Waals surface area contributed by atoms with Gasteiger partial charge in [-0.05, 0) is 36.1 Å². The lowest BCUT2D eigenvalue weighted by atomic mass is 10.0. The van der Waals surface area contributed by atoms with E-state index in [-0.39, 0.29) is 0 Å². The fraction of sp³-hybridized carbons (Fsp3) is 0.455. The van der Waals surface area contributed by atoms with Crippen LogP contribution >= 0.6 is 0 Å². The Bertz CT molecular complexity index is 475. The molecule has 0 saturated carbocycles. The quantitative estimate of drug-likeness (QED) is 0.727. The number of benzene rings is 1. The molecule has 0 N–H and O–H groups in total. The molecule has 0 atom stereocenters. The third kappa shape index (κ3) is 1.79. The van der Waals surface area contributed by atoms with Gasteiger partial charge in [-0.1, -0.05) is 12.1 Å². The molecule has 4 heteroatoms. The van der Waals surface area contributed by atoms with Crippen molar-refractivity contribution in [1.29, 1.82) is 0 Å². The molecular weight excluding hydrogens is 210 g/mol. The molecule has 1 aliphatic rings. The number of hydrogen-bond donors (Lipinski definition) is 0. The molecule has 0 aromatic heterocycles. The third-order valence-electron chi connectivity index (χ3n) is 3.04. The van der Waals surface area contributed by atoms with E-state index in [4.69, 9.17) is 0 Å². The number of nitrogens with zero attached hydrogens (tertiary/aromatic N) is 1. The Hall–Kier alpha value is -0.870. The zero-order valence-corrected chi connectivity index (χ0v) is 10.1. The van der Waals surface area contributed by atoms with Crippen molar-refractivity contribution in [2.75, 3.05) is 6.26 Å². The normalized spacial score (nSPS) is 16.7. The average molecular weight is 225 g/mol. The lowest BCUT2D eigenvalue weighted by molar-refractivity contribution is 0.436. The highest BCUT2D eigenvalue weighted by molar-refractivity contribution is 7.88. The smallest absolute Gasteiger partial charge is 0.211 e. The molecule has 0 radical (unpaired) electrons. The summed E-state index contributed by atoms with van der Waals surface area (Å²) in [5, 5.41) is 0. The Morgan fingerprint density at radius 2 is 1.47 bits per heavy atom. The van der Waals surface area contributed by atoms with Crippen LogP contribution in [0.2, 0.25) is 0 Å². The van der Waals surface area contributed by atoms with Crippen LogP contribution in [-0.2, 0) is 23.1 Å². The molecule has 0 fully saturated rings. The Kier molecular flexibility index (Phi) is 2.35.